The minimum absolute atomic E-state index is 0.127. The number of benzene rings is 2. The minimum Gasteiger partial charge on any atom is -0.508 e. The molecule has 2 aromatic heterocycles. The molecule has 0 aliphatic heterocycles. The Hall–Kier alpha value is -3.01. The Bertz CT molecular complexity index is 1050. The van der Waals surface area contributed by atoms with Gasteiger partial charge >= 0.3 is 6.55 Å². The van der Waals surface area contributed by atoms with E-state index in [0.29, 0.717) is 21.9 Å². The van der Waals surface area contributed by atoms with E-state index in [2.05, 4.69) is 20.5 Å². The van der Waals surface area contributed by atoms with Gasteiger partial charge in [-0.2, -0.15) is 13.5 Å². The van der Waals surface area contributed by atoms with Gasteiger partial charge < -0.3 is 5.11 Å². The molecule has 10 heteroatoms. The molecular formula is C16H12F2N6OS. The molecule has 0 saturated heterocycles. The largest absolute Gasteiger partial charge is 0.508 e. The Morgan fingerprint density at radius 1 is 1.08 bits per heavy atom. The molecule has 0 fully saturated rings. The fraction of sp³-hybridized carbons (Fsp3) is 0.125. The third-order valence-electron chi connectivity index (χ3n) is 3.73. The summed E-state index contributed by atoms with van der Waals surface area (Å²) in [7, 11) is 0. The van der Waals surface area contributed by atoms with E-state index >= 15 is 0 Å². The molecule has 132 valence electrons. The van der Waals surface area contributed by atoms with Gasteiger partial charge in [0.2, 0.25) is 5.16 Å². The third kappa shape index (κ3) is 2.99. The van der Waals surface area contributed by atoms with Gasteiger partial charge in [-0.1, -0.05) is 23.9 Å². The highest BCUT2D eigenvalue weighted by Crippen LogP contribution is 2.28. The van der Waals surface area contributed by atoms with E-state index in [1.165, 1.54) is 28.6 Å². The number of thioether (sulfide) groups is 1. The van der Waals surface area contributed by atoms with E-state index < -0.39 is 6.55 Å². The zero-order valence-electron chi connectivity index (χ0n) is 13.2. The van der Waals surface area contributed by atoms with Crippen molar-refractivity contribution in [3.05, 3.63) is 54.4 Å². The number of halogens is 2. The molecule has 26 heavy (non-hydrogen) atoms. The molecule has 0 aliphatic carbocycles. The number of imidazole rings is 1. The molecule has 0 amide bonds. The zero-order valence-corrected chi connectivity index (χ0v) is 14.0. The normalized spacial score (nSPS) is 11.5. The molecule has 0 spiro atoms. The van der Waals surface area contributed by atoms with Crippen molar-refractivity contribution >= 4 is 22.8 Å². The summed E-state index contributed by atoms with van der Waals surface area (Å²) in [5, 5.41) is 21.3. The molecule has 0 unspecified atom stereocenters. The number of hydrogen-bond donors (Lipinski definition) is 1. The monoisotopic (exact) mass is 374 g/mol. The fourth-order valence-corrected chi connectivity index (χ4v) is 3.39. The number of nitrogens with zero attached hydrogens (tertiary/aromatic N) is 6. The van der Waals surface area contributed by atoms with E-state index in [-0.39, 0.29) is 17.3 Å². The predicted octanol–water partition coefficient (Wildman–Crippen LogP) is 3.41. The van der Waals surface area contributed by atoms with Crippen molar-refractivity contribution in [2.45, 2.75) is 17.5 Å². The maximum atomic E-state index is 13.5. The van der Waals surface area contributed by atoms with Crippen LogP contribution in [0.15, 0.2) is 53.7 Å². The van der Waals surface area contributed by atoms with Crippen molar-refractivity contribution in [1.82, 2.24) is 29.8 Å². The Morgan fingerprint density at radius 2 is 1.85 bits per heavy atom. The van der Waals surface area contributed by atoms with Crippen molar-refractivity contribution < 1.29 is 13.9 Å². The van der Waals surface area contributed by atoms with Crippen LogP contribution in [-0.2, 0) is 5.75 Å². The van der Waals surface area contributed by atoms with Crippen molar-refractivity contribution in [3.8, 4) is 11.4 Å². The van der Waals surface area contributed by atoms with Crippen LogP contribution >= 0.6 is 11.8 Å². The molecule has 0 aliphatic rings. The first-order valence-electron chi connectivity index (χ1n) is 7.58. The van der Waals surface area contributed by atoms with E-state index in [1.807, 2.05) is 0 Å². The van der Waals surface area contributed by atoms with Crippen LogP contribution < -0.4 is 0 Å². The number of fused-ring (bicyclic) bond motifs is 1. The van der Waals surface area contributed by atoms with Crippen LogP contribution in [0.5, 0.6) is 5.75 Å². The number of phenols is 1. The fourth-order valence-electron chi connectivity index (χ4n) is 2.57. The summed E-state index contributed by atoms with van der Waals surface area (Å²) in [5.74, 6) is 0.547. The van der Waals surface area contributed by atoms with E-state index in [4.69, 9.17) is 0 Å². The van der Waals surface area contributed by atoms with Crippen molar-refractivity contribution in [1.29, 1.82) is 0 Å². The van der Waals surface area contributed by atoms with Crippen LogP contribution in [0.3, 0.4) is 0 Å². The predicted molar refractivity (Wildman–Crippen MR) is 91.4 cm³/mol. The van der Waals surface area contributed by atoms with Gasteiger partial charge in [-0.05, 0) is 46.8 Å². The van der Waals surface area contributed by atoms with E-state index in [9.17, 15) is 13.9 Å². The van der Waals surface area contributed by atoms with Gasteiger partial charge in [0.1, 0.15) is 11.6 Å². The summed E-state index contributed by atoms with van der Waals surface area (Å²) in [6.07, 6.45) is 0. The van der Waals surface area contributed by atoms with Crippen LogP contribution in [0, 0.1) is 0 Å². The quantitative estimate of drug-likeness (QED) is 0.539. The highest BCUT2D eigenvalue weighted by molar-refractivity contribution is 7.98. The average molecular weight is 374 g/mol. The molecule has 4 aromatic rings. The molecule has 0 saturated carbocycles. The van der Waals surface area contributed by atoms with Gasteiger partial charge in [0, 0.05) is 0 Å². The number of hydrogen-bond acceptors (Lipinski definition) is 6. The van der Waals surface area contributed by atoms with Crippen molar-refractivity contribution in [2.24, 2.45) is 0 Å². The number of alkyl halides is 2. The van der Waals surface area contributed by atoms with Gasteiger partial charge in [0.05, 0.1) is 22.5 Å². The summed E-state index contributed by atoms with van der Waals surface area (Å²) in [4.78, 5) is 4.30. The SMILES string of the molecule is Oc1ccc(-n2nnnc2SCc2nc3ccccc3n2C(F)F)cc1. The summed E-state index contributed by atoms with van der Waals surface area (Å²) < 4.78 is 29.4. The Balaban J connectivity index is 1.63. The highest BCUT2D eigenvalue weighted by atomic mass is 32.2. The summed E-state index contributed by atoms with van der Waals surface area (Å²) in [6, 6.07) is 13.1. The molecule has 0 atom stereocenters. The summed E-state index contributed by atoms with van der Waals surface area (Å²) in [5.41, 5.74) is 1.55. The average Bonchev–Trinajstić information content (AvgIpc) is 3.24. The Kier molecular flexibility index (Phi) is 4.25. The summed E-state index contributed by atoms with van der Waals surface area (Å²) in [6.45, 7) is -2.69. The lowest BCUT2D eigenvalue weighted by molar-refractivity contribution is 0.0722. The van der Waals surface area contributed by atoms with Crippen LogP contribution in [0.1, 0.15) is 12.4 Å². The second-order valence-electron chi connectivity index (χ2n) is 5.34. The smallest absolute Gasteiger partial charge is 0.320 e. The molecule has 0 radical (unpaired) electrons. The van der Waals surface area contributed by atoms with Crippen molar-refractivity contribution in [3.63, 3.8) is 0 Å². The van der Waals surface area contributed by atoms with Gasteiger partial charge in [0.25, 0.3) is 0 Å². The number of aromatic nitrogens is 6. The standard InChI is InChI=1S/C16H12F2N6OS/c17-15(18)23-13-4-2-1-3-12(13)19-14(23)9-26-16-20-21-22-24(16)10-5-7-11(25)8-6-10/h1-8,15,25H,9H2. The van der Waals surface area contributed by atoms with Gasteiger partial charge in [0.15, 0.2) is 0 Å². The van der Waals surface area contributed by atoms with Crippen LogP contribution in [0.25, 0.3) is 16.7 Å². The number of para-hydroxylation sites is 2. The molecule has 2 heterocycles. The highest BCUT2D eigenvalue weighted by Gasteiger charge is 2.19. The minimum atomic E-state index is -2.69. The molecule has 7 nitrogen and oxygen atoms in total. The lowest BCUT2D eigenvalue weighted by atomic mass is 10.3. The zero-order chi connectivity index (χ0) is 18.1. The topological polar surface area (TPSA) is 81.7 Å². The molecule has 0 bridgehead atoms. The molecule has 1 N–H and O–H groups in total. The Morgan fingerprint density at radius 3 is 2.62 bits per heavy atom. The van der Waals surface area contributed by atoms with Crippen molar-refractivity contribution in [2.75, 3.05) is 0 Å². The third-order valence-corrected chi connectivity index (χ3v) is 4.64. The van der Waals surface area contributed by atoms with Gasteiger partial charge in [-0.3, -0.25) is 4.57 Å². The first-order valence-corrected chi connectivity index (χ1v) is 8.56. The number of tetrazole rings is 1. The number of phenolic OH excluding ortho intramolecular Hbond substituents is 1. The number of rotatable bonds is 5. The van der Waals surface area contributed by atoms with Crippen LogP contribution in [0.2, 0.25) is 0 Å². The molecular weight excluding hydrogens is 362 g/mol. The Labute approximate surface area is 150 Å². The van der Waals surface area contributed by atoms with Gasteiger partial charge in [-0.15, -0.1) is 5.10 Å². The van der Waals surface area contributed by atoms with Crippen LogP contribution in [0.4, 0.5) is 8.78 Å². The van der Waals surface area contributed by atoms with Crippen LogP contribution in [-0.4, -0.2) is 34.9 Å². The second-order valence-corrected chi connectivity index (χ2v) is 6.29. The molecule has 4 rings (SSSR count). The summed E-state index contributed by atoms with van der Waals surface area (Å²) >= 11 is 1.20. The maximum Gasteiger partial charge on any atom is 0.320 e. The first-order chi connectivity index (χ1) is 12.6. The lowest BCUT2D eigenvalue weighted by Gasteiger charge is -2.07. The van der Waals surface area contributed by atoms with E-state index in [1.54, 1.807) is 36.4 Å². The maximum absolute atomic E-state index is 13.5. The lowest BCUT2D eigenvalue weighted by Crippen LogP contribution is -2.04. The van der Waals surface area contributed by atoms with Gasteiger partial charge in [-0.25, -0.2) is 4.98 Å². The first kappa shape index (κ1) is 16.5. The second kappa shape index (κ2) is 6.71. The number of aromatic hydroxyl groups is 1. The molecule has 2 aromatic carbocycles. The van der Waals surface area contributed by atoms with E-state index in [0.717, 1.165) is 4.57 Å².